The Bertz CT molecular complexity index is 1060. The molecule has 0 bridgehead atoms. The first-order valence-corrected chi connectivity index (χ1v) is 12.8. The van der Waals surface area contributed by atoms with Crippen molar-refractivity contribution in [3.8, 4) is 11.8 Å². The summed E-state index contributed by atoms with van der Waals surface area (Å²) in [5.41, 5.74) is 0. The Morgan fingerprint density at radius 2 is 1.59 bits per heavy atom. The van der Waals surface area contributed by atoms with Gasteiger partial charge in [0.05, 0.1) is 0 Å². The van der Waals surface area contributed by atoms with Crippen molar-refractivity contribution >= 4 is 18.7 Å². The van der Waals surface area contributed by atoms with E-state index in [9.17, 15) is 9.90 Å². The van der Waals surface area contributed by atoms with Crippen molar-refractivity contribution in [2.75, 3.05) is 0 Å². The van der Waals surface area contributed by atoms with Crippen LogP contribution in [0.5, 0.6) is 0 Å². The topological polar surface area (TPSA) is 64.6 Å². The van der Waals surface area contributed by atoms with Gasteiger partial charge in [0.2, 0.25) is 0 Å². The number of benzene rings is 2. The third-order valence-corrected chi connectivity index (χ3v) is 10.5. The van der Waals surface area contributed by atoms with E-state index in [0.717, 1.165) is 10.4 Å². The minimum atomic E-state index is -2.82. The number of nitrogens with zero attached hydrogens (tertiary/aromatic N) is 1. The summed E-state index contributed by atoms with van der Waals surface area (Å²) in [5, 5.41) is 11.9. The quantitative estimate of drug-likeness (QED) is 0.445. The summed E-state index contributed by atoms with van der Waals surface area (Å²) in [6.07, 6.45) is 2.24. The van der Waals surface area contributed by atoms with Gasteiger partial charge in [-0.3, -0.25) is 4.57 Å². The molecule has 1 heterocycles. The average molecular weight is 450 g/mol. The molecule has 2 atom stereocenters. The maximum absolute atomic E-state index is 11.9. The van der Waals surface area contributed by atoms with E-state index in [4.69, 9.17) is 8.84 Å². The van der Waals surface area contributed by atoms with Crippen molar-refractivity contribution in [2.45, 2.75) is 57.9 Å². The number of rotatable bonds is 7. The molecule has 3 rings (SSSR count). The zero-order valence-corrected chi connectivity index (χ0v) is 20.1. The molecule has 5 nitrogen and oxygen atoms in total. The van der Waals surface area contributed by atoms with E-state index >= 15 is 0 Å². The second-order valence-corrected chi connectivity index (χ2v) is 13.1. The van der Waals surface area contributed by atoms with Crippen molar-refractivity contribution in [2.24, 2.45) is 0 Å². The first kappa shape index (κ1) is 23.8. The maximum Gasteiger partial charge on any atom is 0.418 e. The van der Waals surface area contributed by atoms with Gasteiger partial charge in [-0.25, -0.2) is 4.79 Å². The Kier molecular flexibility index (Phi) is 7.57. The Morgan fingerprint density at radius 1 is 1.03 bits per heavy atom. The van der Waals surface area contributed by atoms with E-state index in [-0.39, 0.29) is 5.04 Å². The van der Waals surface area contributed by atoms with Crippen LogP contribution in [0.3, 0.4) is 0 Å². The smallest absolute Gasteiger partial charge is 0.416 e. The summed E-state index contributed by atoms with van der Waals surface area (Å²) in [4.78, 5) is 11.9. The summed E-state index contributed by atoms with van der Waals surface area (Å²) < 4.78 is 13.5. The minimum Gasteiger partial charge on any atom is -0.416 e. The Hall–Kier alpha value is -2.85. The fraction of sp³-hybridized carbons (Fsp3) is 0.346. The predicted molar refractivity (Wildman–Crippen MR) is 130 cm³/mol. The lowest BCUT2D eigenvalue weighted by molar-refractivity contribution is 0.220. The molecular weight excluding hydrogens is 418 g/mol. The molecule has 0 radical (unpaired) electrons. The fourth-order valence-corrected chi connectivity index (χ4v) is 8.61. The van der Waals surface area contributed by atoms with Crippen molar-refractivity contribution in [1.82, 2.24) is 4.57 Å². The van der Waals surface area contributed by atoms with Gasteiger partial charge in [0.1, 0.15) is 18.5 Å². The first-order valence-electron chi connectivity index (χ1n) is 10.9. The summed E-state index contributed by atoms with van der Waals surface area (Å²) >= 11 is 0. The molecule has 0 aliphatic rings. The molecule has 32 heavy (non-hydrogen) atoms. The van der Waals surface area contributed by atoms with Crippen molar-refractivity contribution in [3.05, 3.63) is 83.7 Å². The third-order valence-electron chi connectivity index (χ3n) is 5.47. The number of aliphatic hydroxyl groups is 1. The highest BCUT2D eigenvalue weighted by Crippen LogP contribution is 2.37. The number of aryl methyl sites for hydroxylation is 1. The van der Waals surface area contributed by atoms with Crippen LogP contribution >= 0.6 is 0 Å². The van der Waals surface area contributed by atoms with E-state index in [2.05, 4.69) is 56.9 Å². The molecule has 0 saturated carbocycles. The molecule has 0 spiro atoms. The SMILES string of the molecule is CC(O)C#CC(CCn1ccoc1=O)O[Si](c1ccccc1)(c1ccccc1)C(C)(C)C. The highest BCUT2D eigenvalue weighted by Gasteiger charge is 2.51. The van der Waals surface area contributed by atoms with Crippen LogP contribution in [-0.4, -0.2) is 30.2 Å². The monoisotopic (exact) mass is 449 g/mol. The molecule has 6 heteroatoms. The number of aromatic nitrogens is 1. The van der Waals surface area contributed by atoms with Crippen LogP contribution in [0.4, 0.5) is 0 Å². The Morgan fingerprint density at radius 3 is 2.03 bits per heavy atom. The summed E-state index contributed by atoms with van der Waals surface area (Å²) in [6, 6.07) is 20.7. The van der Waals surface area contributed by atoms with E-state index in [0.29, 0.717) is 13.0 Å². The molecule has 2 unspecified atom stereocenters. The van der Waals surface area contributed by atoms with Gasteiger partial charge in [-0.05, 0) is 22.3 Å². The lowest BCUT2D eigenvalue weighted by Crippen LogP contribution is -2.67. The molecule has 0 aliphatic carbocycles. The lowest BCUT2D eigenvalue weighted by Gasteiger charge is -2.44. The number of oxazole rings is 1. The maximum atomic E-state index is 11.9. The van der Waals surface area contributed by atoms with Gasteiger partial charge >= 0.3 is 5.76 Å². The normalized spacial score (nSPS) is 13.8. The summed E-state index contributed by atoms with van der Waals surface area (Å²) in [7, 11) is -2.82. The van der Waals surface area contributed by atoms with Gasteiger partial charge in [0.15, 0.2) is 0 Å². The fourth-order valence-electron chi connectivity index (χ4n) is 3.99. The third kappa shape index (κ3) is 5.31. The summed E-state index contributed by atoms with van der Waals surface area (Å²) in [6.45, 7) is 8.66. The molecule has 2 aromatic carbocycles. The molecular formula is C26H31NO4Si. The van der Waals surface area contributed by atoms with Crippen LogP contribution in [0.2, 0.25) is 5.04 Å². The van der Waals surface area contributed by atoms with Gasteiger partial charge in [0, 0.05) is 19.2 Å². The van der Waals surface area contributed by atoms with E-state index in [1.807, 2.05) is 36.4 Å². The molecule has 1 N–H and O–H groups in total. The zero-order valence-electron chi connectivity index (χ0n) is 19.1. The van der Waals surface area contributed by atoms with Crippen molar-refractivity contribution < 1.29 is 13.9 Å². The van der Waals surface area contributed by atoms with Gasteiger partial charge in [-0.2, -0.15) is 0 Å². The van der Waals surface area contributed by atoms with Crippen molar-refractivity contribution in [1.29, 1.82) is 0 Å². The van der Waals surface area contributed by atoms with Crippen LogP contribution < -0.4 is 16.1 Å². The molecule has 0 saturated heterocycles. The minimum absolute atomic E-state index is 0.201. The molecule has 168 valence electrons. The lowest BCUT2D eigenvalue weighted by atomic mass is 10.2. The van der Waals surface area contributed by atoms with Gasteiger partial charge in [-0.15, -0.1) is 0 Å². The van der Waals surface area contributed by atoms with E-state index in [1.165, 1.54) is 10.8 Å². The largest absolute Gasteiger partial charge is 0.418 e. The number of aliphatic hydroxyl groups excluding tert-OH is 1. The first-order chi connectivity index (χ1) is 15.2. The van der Waals surface area contributed by atoms with Gasteiger partial charge in [-0.1, -0.05) is 93.3 Å². The summed E-state index contributed by atoms with van der Waals surface area (Å²) in [5.74, 6) is 5.59. The average Bonchev–Trinajstić information content (AvgIpc) is 3.18. The Labute approximate surface area is 190 Å². The zero-order chi connectivity index (χ0) is 23.2. The van der Waals surface area contributed by atoms with Gasteiger partial charge < -0.3 is 13.9 Å². The number of hydrogen-bond donors (Lipinski definition) is 1. The van der Waals surface area contributed by atoms with E-state index in [1.54, 1.807) is 13.1 Å². The van der Waals surface area contributed by atoms with Crippen LogP contribution in [0.25, 0.3) is 0 Å². The van der Waals surface area contributed by atoms with E-state index < -0.39 is 26.3 Å². The van der Waals surface area contributed by atoms with Crippen LogP contribution in [0.1, 0.15) is 34.1 Å². The highest BCUT2D eigenvalue weighted by molar-refractivity contribution is 6.99. The Balaban J connectivity index is 2.10. The van der Waals surface area contributed by atoms with Crippen molar-refractivity contribution in [3.63, 3.8) is 0 Å². The predicted octanol–water partition coefficient (Wildman–Crippen LogP) is 3.16. The molecule has 0 fully saturated rings. The number of hydrogen-bond acceptors (Lipinski definition) is 4. The second-order valence-electron chi connectivity index (χ2n) is 8.89. The van der Waals surface area contributed by atoms with Crippen LogP contribution in [0, 0.1) is 11.8 Å². The molecule has 0 amide bonds. The standard InChI is InChI=1S/C26H31NO4Si/c1-21(28)15-16-22(17-18-27-19-20-30-25(27)29)31-32(26(2,3)4,23-11-7-5-8-12-23)24-13-9-6-10-14-24/h5-14,19-22,28H,17-18H2,1-4H3. The molecule has 0 aliphatic heterocycles. The van der Waals surface area contributed by atoms with Crippen LogP contribution in [-0.2, 0) is 11.0 Å². The second kappa shape index (κ2) is 10.2. The van der Waals surface area contributed by atoms with Crippen LogP contribution in [0.15, 0.2) is 82.3 Å². The van der Waals surface area contributed by atoms with Gasteiger partial charge in [0.25, 0.3) is 8.32 Å². The molecule has 1 aromatic heterocycles. The highest BCUT2D eigenvalue weighted by atomic mass is 28.4. The molecule has 3 aromatic rings.